The number of rotatable bonds is 7. The van der Waals surface area contributed by atoms with E-state index in [2.05, 4.69) is 368 Å². The lowest BCUT2D eigenvalue weighted by atomic mass is 9.99. The minimum Gasteiger partial charge on any atom is -0.278 e. The van der Waals surface area contributed by atoms with Gasteiger partial charge in [0, 0.05) is 89.1 Å². The van der Waals surface area contributed by atoms with Crippen LogP contribution in [-0.4, -0.2) is 58.6 Å². The average molecular weight is 1570 g/mol. The number of pyridine rings is 1. The molecule has 13 nitrogen and oxygen atoms in total. The largest absolute Gasteiger partial charge is 0.278 e. The summed E-state index contributed by atoms with van der Waals surface area (Å²) in [5.74, 6) is 1.82. The number of fused-ring (bicyclic) bond motifs is 21. The highest BCUT2D eigenvalue weighted by molar-refractivity contribution is 6.23. The molecule has 0 N–H and O–H groups in total. The van der Waals surface area contributed by atoms with Crippen LogP contribution in [0.4, 0.5) is 5.69 Å². The highest BCUT2D eigenvalue weighted by atomic mass is 15.2. The molecule has 0 atom stereocenters. The molecule has 0 unspecified atom stereocenters. The Kier molecular flexibility index (Phi) is 16.3. The average Bonchev–Trinajstić information content (AvgIpc) is 1.53. The summed E-state index contributed by atoms with van der Waals surface area (Å²) >= 11 is 0. The Morgan fingerprint density at radius 2 is 0.602 bits per heavy atom. The van der Waals surface area contributed by atoms with Gasteiger partial charge in [-0.25, -0.2) is 39.7 Å². The van der Waals surface area contributed by atoms with Gasteiger partial charge in [0.25, 0.3) is 0 Å². The fourth-order valence-electron chi connectivity index (χ4n) is 18.3. The van der Waals surface area contributed by atoms with Crippen molar-refractivity contribution < 1.29 is 0 Å². The van der Waals surface area contributed by atoms with Gasteiger partial charge in [0.2, 0.25) is 17.8 Å². The Morgan fingerprint density at radius 1 is 0.220 bits per heavy atom. The number of para-hydroxylation sites is 1. The van der Waals surface area contributed by atoms with Gasteiger partial charge >= 0.3 is 0 Å². The molecule has 0 aliphatic rings. The zero-order chi connectivity index (χ0) is 81.2. The van der Waals surface area contributed by atoms with Gasteiger partial charge in [0.1, 0.15) is 11.2 Å². The molecule has 0 spiro atoms. The monoisotopic (exact) mass is 1570 g/mol. The van der Waals surface area contributed by atoms with Gasteiger partial charge in [0.15, 0.2) is 17.0 Å². The van der Waals surface area contributed by atoms with Gasteiger partial charge < -0.3 is 0 Å². The normalized spacial score (nSPS) is 11.7. The second-order valence-electron chi connectivity index (χ2n) is 31.1. The maximum atomic E-state index is 7.33. The van der Waals surface area contributed by atoms with Gasteiger partial charge in [-0.2, -0.15) is 9.97 Å². The van der Waals surface area contributed by atoms with Crippen LogP contribution in [-0.2, 0) is 0 Å². The fraction of sp³-hybridized carbons (Fsp3) is 0. The Labute approximate surface area is 702 Å². The third-order valence-electron chi connectivity index (χ3n) is 24.1. The maximum Gasteiger partial charge on any atom is 0.237 e. The van der Waals surface area contributed by atoms with Gasteiger partial charge in [-0.05, 0) is 142 Å². The summed E-state index contributed by atoms with van der Waals surface area (Å²) in [6.45, 7) is 7.33. The second-order valence-corrected chi connectivity index (χ2v) is 31.1. The number of nitrogens with zero attached hydrogens (tertiary/aromatic N) is 13. The van der Waals surface area contributed by atoms with E-state index in [-0.39, 0.29) is 0 Å². The maximum absolute atomic E-state index is 7.33. The quantitative estimate of drug-likeness (QED) is 0.143. The summed E-state index contributed by atoms with van der Waals surface area (Å²) in [5, 5.41) is 25.6. The van der Waals surface area contributed by atoms with E-state index in [1.54, 1.807) is 30.7 Å². The third kappa shape index (κ3) is 11.8. The molecule has 0 saturated heterocycles. The molecule has 0 bridgehead atoms. The first kappa shape index (κ1) is 70.2. The van der Waals surface area contributed by atoms with Crippen molar-refractivity contribution in [2.45, 2.75) is 0 Å². The third-order valence-corrected chi connectivity index (χ3v) is 24.1. The molecule has 8 heterocycles. The minimum absolute atomic E-state index is 0.516. The minimum atomic E-state index is 0.516. The van der Waals surface area contributed by atoms with Crippen LogP contribution in [0.15, 0.2) is 395 Å². The summed E-state index contributed by atoms with van der Waals surface area (Å²) in [7, 11) is 0. The van der Waals surface area contributed by atoms with Crippen LogP contribution >= 0.6 is 0 Å². The first-order valence-corrected chi connectivity index (χ1v) is 41.0. The molecule has 123 heavy (non-hydrogen) atoms. The molecule has 0 amide bonds. The van der Waals surface area contributed by atoms with Crippen molar-refractivity contribution in [1.29, 1.82) is 0 Å². The van der Waals surface area contributed by atoms with Crippen LogP contribution in [0.1, 0.15) is 0 Å². The summed E-state index contributed by atoms with van der Waals surface area (Å²) in [5.41, 5.74) is 17.6. The van der Waals surface area contributed by atoms with Crippen molar-refractivity contribution in [3.05, 3.63) is 406 Å². The molecule has 8 aromatic heterocycles. The van der Waals surface area contributed by atoms with E-state index in [1.807, 2.05) is 24.3 Å². The zero-order valence-corrected chi connectivity index (χ0v) is 65.8. The van der Waals surface area contributed by atoms with Gasteiger partial charge in [-0.3, -0.25) is 13.7 Å². The van der Waals surface area contributed by atoms with Crippen LogP contribution in [0.3, 0.4) is 0 Å². The summed E-state index contributed by atoms with van der Waals surface area (Å²) in [6.07, 6.45) is 5.11. The topological polar surface area (TPSA) is 135 Å². The predicted molar refractivity (Wildman–Crippen MR) is 506 cm³/mol. The lowest BCUT2D eigenvalue weighted by Crippen LogP contribution is -2.05. The highest BCUT2D eigenvalue weighted by Crippen LogP contribution is 2.44. The van der Waals surface area contributed by atoms with E-state index >= 15 is 0 Å². The van der Waals surface area contributed by atoms with E-state index in [0.29, 0.717) is 46.0 Å². The van der Waals surface area contributed by atoms with Crippen molar-refractivity contribution in [2.75, 3.05) is 0 Å². The van der Waals surface area contributed by atoms with E-state index in [0.717, 1.165) is 104 Å². The second kappa shape index (κ2) is 28.6. The molecule has 0 radical (unpaired) electrons. The van der Waals surface area contributed by atoms with Crippen LogP contribution < -0.4 is 0 Å². The number of aromatic nitrogens is 12. The summed E-state index contributed by atoms with van der Waals surface area (Å²) < 4.78 is 6.64. The SMILES string of the molecule is [C-]#[N+]c1ccc(-c2nc(-n3c4cc5ccccc5cc4c4ccc5ccccc5c43)nc3nccnc23)cc1.c1ccc(-c2ccc(-c3nc(-n4c5cc6ccccc6cc5c5ccc6ccccc6c54)nc4ncccc34)cc2)cc1.c1ccc2cc3c(cc2c1)c1cc2ccccc2cc1n3-c1nc(-c2cccc3ccccc23)c2ccccc2n1. The van der Waals surface area contributed by atoms with Crippen LogP contribution in [0.25, 0.3) is 242 Å². The summed E-state index contributed by atoms with van der Waals surface area (Å²) in [4.78, 5) is 48.5. The molecule has 0 saturated carbocycles. The Hall–Kier alpha value is -17.1. The number of hydrogen-bond donors (Lipinski definition) is 0. The van der Waals surface area contributed by atoms with Crippen LogP contribution in [0.5, 0.6) is 0 Å². The van der Waals surface area contributed by atoms with Crippen molar-refractivity contribution in [3.8, 4) is 62.7 Å². The smallest absolute Gasteiger partial charge is 0.237 e. The fourth-order valence-corrected chi connectivity index (χ4v) is 18.3. The van der Waals surface area contributed by atoms with Crippen molar-refractivity contribution >= 4 is 180 Å². The molecular formula is C110H65N13. The summed E-state index contributed by atoms with van der Waals surface area (Å²) in [6, 6.07) is 132. The van der Waals surface area contributed by atoms with Crippen molar-refractivity contribution in [3.63, 3.8) is 0 Å². The Bertz CT molecular complexity index is 8820. The molecule has 0 aliphatic heterocycles. The molecule has 13 heteroatoms. The van der Waals surface area contributed by atoms with E-state index in [9.17, 15) is 0 Å². The molecule has 0 fully saturated rings. The first-order chi connectivity index (χ1) is 60.9. The zero-order valence-electron chi connectivity index (χ0n) is 65.8. The molecule has 18 aromatic carbocycles. The Balaban J connectivity index is 0.000000104. The van der Waals surface area contributed by atoms with Crippen LogP contribution in [0, 0.1) is 6.57 Å². The van der Waals surface area contributed by atoms with E-state index in [4.69, 9.17) is 41.5 Å². The van der Waals surface area contributed by atoms with Crippen molar-refractivity contribution in [2.24, 2.45) is 0 Å². The van der Waals surface area contributed by atoms with Crippen LogP contribution in [0.2, 0.25) is 0 Å². The highest BCUT2D eigenvalue weighted by Gasteiger charge is 2.25. The van der Waals surface area contributed by atoms with Crippen molar-refractivity contribution in [1.82, 2.24) is 58.6 Å². The predicted octanol–water partition coefficient (Wildman–Crippen LogP) is 27.7. The van der Waals surface area contributed by atoms with Gasteiger partial charge in [0.05, 0.1) is 56.6 Å². The van der Waals surface area contributed by atoms with E-state index < -0.39 is 0 Å². The number of hydrogen-bond acceptors (Lipinski definition) is 9. The Morgan fingerprint density at radius 3 is 1.15 bits per heavy atom. The molecular weight excluding hydrogens is 1500 g/mol. The molecule has 26 rings (SSSR count). The lowest BCUT2D eigenvalue weighted by molar-refractivity contribution is 1.00. The molecule has 26 aromatic rings. The number of benzene rings is 18. The van der Waals surface area contributed by atoms with E-state index in [1.165, 1.54) is 91.9 Å². The standard InChI is InChI=1S/C39H24N4.C38H23N3.C33H18N6/c1-2-9-25(10-3-1)26-16-18-28(19-17-26)36-33-15-8-22-40-38(33)42-39(41-36)43-35-24-30-13-5-4-12-29(30)23-34(35)32-21-20-27-11-6-7-14-31(27)37(32)43;1-3-13-27-22-35-32(20-25(27)11-1)33-21-26-12-2-4-14-28(26)23-36(33)41(35)38-39-34-19-8-7-17-31(34)37(40-38)30-18-9-15-24-10-5-6-16-29(24)30;1-34-24-13-10-21(11-14-24)29-30-32(36-17-16-35-30)38-33(37-29)39-28-19-23-8-3-2-7-22(23)18-27(28)26-15-12-20-6-4-5-9-25(20)31(26)39/h1-24H;1-23H;2-19H. The van der Waals surface area contributed by atoms with Gasteiger partial charge in [-0.15, -0.1) is 0 Å². The lowest BCUT2D eigenvalue weighted by Gasteiger charge is -2.13. The van der Waals surface area contributed by atoms with Gasteiger partial charge in [-0.1, -0.05) is 309 Å². The first-order valence-electron chi connectivity index (χ1n) is 41.0. The molecule has 0 aliphatic carbocycles. The molecule has 570 valence electrons.